The minimum atomic E-state index is 0. The molecule has 3 rings (SSSR count). The van der Waals surface area contributed by atoms with Gasteiger partial charge in [-0.1, -0.05) is 12.1 Å². The van der Waals surface area contributed by atoms with Gasteiger partial charge in [-0.25, -0.2) is 9.13 Å². The fourth-order valence-corrected chi connectivity index (χ4v) is 2.56. The summed E-state index contributed by atoms with van der Waals surface area (Å²) in [5.41, 5.74) is 3.91. The van der Waals surface area contributed by atoms with Crippen LogP contribution in [0.3, 0.4) is 0 Å². The van der Waals surface area contributed by atoms with Crippen LogP contribution in [-0.4, -0.2) is 4.57 Å². The highest BCUT2D eigenvalue weighted by Gasteiger charge is 2.17. The number of halogens is 1. The van der Waals surface area contributed by atoms with E-state index >= 15 is 0 Å². The predicted octanol–water partition coefficient (Wildman–Crippen LogP) is -0.532. The monoisotopic (exact) mass is 338 g/mol. The van der Waals surface area contributed by atoms with Crippen LogP contribution in [0.5, 0.6) is 0 Å². The van der Waals surface area contributed by atoms with Crippen molar-refractivity contribution < 1.29 is 28.5 Å². The van der Waals surface area contributed by atoms with E-state index in [0.717, 1.165) is 0 Å². The summed E-state index contributed by atoms with van der Waals surface area (Å²) in [6.45, 7) is 2.18. The standard InChI is InChI=1S/C14H15N2.HI/c1-10-8-9-15(2)14-13(10)11-6-4-5-7-12(11)16(14)3;/h4-9H,1-3H3;1H/q+1;/p-1. The third kappa shape index (κ3) is 1.64. The van der Waals surface area contributed by atoms with Gasteiger partial charge in [0.05, 0.1) is 25.7 Å². The molecule has 1 aromatic carbocycles. The molecule has 0 unspecified atom stereocenters. The van der Waals surface area contributed by atoms with Gasteiger partial charge >= 0.3 is 0 Å². The molecule has 0 spiro atoms. The van der Waals surface area contributed by atoms with E-state index in [2.05, 4.69) is 66.7 Å². The van der Waals surface area contributed by atoms with E-state index < -0.39 is 0 Å². The molecule has 3 aromatic rings. The fourth-order valence-electron chi connectivity index (χ4n) is 2.56. The van der Waals surface area contributed by atoms with Gasteiger partial charge in [-0.3, -0.25) is 0 Å². The van der Waals surface area contributed by atoms with Crippen molar-refractivity contribution in [2.45, 2.75) is 6.92 Å². The van der Waals surface area contributed by atoms with E-state index in [1.807, 2.05) is 0 Å². The van der Waals surface area contributed by atoms with Gasteiger partial charge < -0.3 is 24.0 Å². The predicted molar refractivity (Wildman–Crippen MR) is 66.3 cm³/mol. The Morgan fingerprint density at radius 3 is 2.59 bits per heavy atom. The van der Waals surface area contributed by atoms with E-state index in [1.54, 1.807) is 0 Å². The van der Waals surface area contributed by atoms with Crippen LogP contribution in [0.2, 0.25) is 0 Å². The molecular formula is C14H15IN2. The van der Waals surface area contributed by atoms with Crippen molar-refractivity contribution in [3.63, 3.8) is 0 Å². The molecule has 88 valence electrons. The third-order valence-corrected chi connectivity index (χ3v) is 3.35. The van der Waals surface area contributed by atoms with Crippen LogP contribution in [0.4, 0.5) is 0 Å². The lowest BCUT2D eigenvalue weighted by Crippen LogP contribution is -3.00. The van der Waals surface area contributed by atoms with Gasteiger partial charge in [0.1, 0.15) is 5.52 Å². The molecule has 0 fully saturated rings. The number of pyridine rings is 1. The number of rotatable bonds is 0. The molecule has 0 amide bonds. The van der Waals surface area contributed by atoms with Crippen molar-refractivity contribution in [2.75, 3.05) is 0 Å². The molecule has 3 heteroatoms. The van der Waals surface area contributed by atoms with Crippen LogP contribution in [0, 0.1) is 6.92 Å². The second-order valence-corrected chi connectivity index (χ2v) is 4.38. The number of aryl methyl sites for hydroxylation is 3. The number of nitrogens with zero attached hydrogens (tertiary/aromatic N) is 2. The van der Waals surface area contributed by atoms with Crippen molar-refractivity contribution in [1.29, 1.82) is 0 Å². The van der Waals surface area contributed by atoms with Gasteiger partial charge in [0.15, 0.2) is 0 Å². The summed E-state index contributed by atoms with van der Waals surface area (Å²) in [5, 5.41) is 2.71. The molecule has 2 heterocycles. The molecular weight excluding hydrogens is 323 g/mol. The van der Waals surface area contributed by atoms with Crippen LogP contribution in [0.25, 0.3) is 21.9 Å². The quantitative estimate of drug-likeness (QED) is 0.385. The van der Waals surface area contributed by atoms with Gasteiger partial charge in [0.25, 0.3) is 5.65 Å². The Kier molecular flexibility index (Phi) is 3.12. The molecule has 17 heavy (non-hydrogen) atoms. The van der Waals surface area contributed by atoms with Crippen LogP contribution in [-0.2, 0) is 14.1 Å². The lowest BCUT2D eigenvalue weighted by Gasteiger charge is -1.97. The van der Waals surface area contributed by atoms with Crippen LogP contribution in [0.1, 0.15) is 5.56 Å². The maximum atomic E-state index is 2.26. The van der Waals surface area contributed by atoms with Gasteiger partial charge in [-0.15, -0.1) is 0 Å². The molecule has 2 aromatic heterocycles. The van der Waals surface area contributed by atoms with E-state index in [1.165, 1.54) is 27.5 Å². The van der Waals surface area contributed by atoms with Gasteiger partial charge in [0.2, 0.25) is 0 Å². The topological polar surface area (TPSA) is 8.81 Å². The molecule has 0 N–H and O–H groups in total. The third-order valence-electron chi connectivity index (χ3n) is 3.35. The fraction of sp³-hybridized carbons (Fsp3) is 0.214. The first-order valence-electron chi connectivity index (χ1n) is 5.52. The Morgan fingerprint density at radius 2 is 1.82 bits per heavy atom. The maximum Gasteiger partial charge on any atom is 0.289 e. The van der Waals surface area contributed by atoms with Gasteiger partial charge in [-0.2, -0.15) is 0 Å². The largest absolute Gasteiger partial charge is 1.00 e. The molecule has 0 radical (unpaired) electrons. The molecule has 0 bridgehead atoms. The van der Waals surface area contributed by atoms with Crippen molar-refractivity contribution in [2.24, 2.45) is 14.1 Å². The molecule has 0 atom stereocenters. The average Bonchev–Trinajstić information content (AvgIpc) is 2.60. The van der Waals surface area contributed by atoms with E-state index in [-0.39, 0.29) is 24.0 Å². The first-order chi connectivity index (χ1) is 7.70. The normalized spacial score (nSPS) is 10.8. The summed E-state index contributed by atoms with van der Waals surface area (Å²) in [4.78, 5) is 0. The number of para-hydroxylation sites is 1. The highest BCUT2D eigenvalue weighted by atomic mass is 127. The first-order valence-corrected chi connectivity index (χ1v) is 5.52. The lowest BCUT2D eigenvalue weighted by atomic mass is 10.1. The maximum absolute atomic E-state index is 2.26. The average molecular weight is 338 g/mol. The zero-order chi connectivity index (χ0) is 11.3. The van der Waals surface area contributed by atoms with Crippen LogP contribution >= 0.6 is 0 Å². The van der Waals surface area contributed by atoms with Crippen molar-refractivity contribution >= 4 is 21.9 Å². The molecule has 0 saturated heterocycles. The summed E-state index contributed by atoms with van der Waals surface area (Å²) in [6.07, 6.45) is 2.12. The highest BCUT2D eigenvalue weighted by Crippen LogP contribution is 2.27. The summed E-state index contributed by atoms with van der Waals surface area (Å²) < 4.78 is 4.44. The summed E-state index contributed by atoms with van der Waals surface area (Å²) >= 11 is 0. The zero-order valence-corrected chi connectivity index (χ0v) is 12.4. The number of benzene rings is 1. The first kappa shape index (κ1) is 12.4. The van der Waals surface area contributed by atoms with E-state index in [4.69, 9.17) is 0 Å². The Hall–Kier alpha value is -1.10. The van der Waals surface area contributed by atoms with Gasteiger partial charge in [0, 0.05) is 5.39 Å². The minimum Gasteiger partial charge on any atom is -1.00 e. The molecule has 0 saturated carbocycles. The zero-order valence-electron chi connectivity index (χ0n) is 10.2. The van der Waals surface area contributed by atoms with E-state index in [9.17, 15) is 0 Å². The number of hydrogen-bond donors (Lipinski definition) is 0. The summed E-state index contributed by atoms with van der Waals surface area (Å²) in [5.74, 6) is 0. The minimum absolute atomic E-state index is 0. The molecule has 0 aliphatic heterocycles. The Bertz CT molecular complexity index is 698. The number of fused-ring (bicyclic) bond motifs is 3. The van der Waals surface area contributed by atoms with E-state index in [0.29, 0.717) is 0 Å². The molecule has 2 nitrogen and oxygen atoms in total. The Balaban J connectivity index is 0.00000108. The smallest absolute Gasteiger partial charge is 0.289 e. The van der Waals surface area contributed by atoms with Gasteiger partial charge in [-0.05, 0) is 30.7 Å². The Labute approximate surface area is 118 Å². The second kappa shape index (κ2) is 4.29. The Morgan fingerprint density at radius 1 is 1.12 bits per heavy atom. The SMILES string of the molecule is Cc1cc[n+](C)c2c1c1ccccc1n2C.[I-]. The lowest BCUT2D eigenvalue weighted by molar-refractivity contribution is -0.647. The molecule has 0 aliphatic rings. The van der Waals surface area contributed by atoms with Crippen LogP contribution < -0.4 is 28.5 Å². The second-order valence-electron chi connectivity index (χ2n) is 4.38. The van der Waals surface area contributed by atoms with Crippen molar-refractivity contribution in [3.8, 4) is 0 Å². The summed E-state index contributed by atoms with van der Waals surface area (Å²) in [7, 11) is 4.23. The highest BCUT2D eigenvalue weighted by molar-refractivity contribution is 6.07. The molecule has 0 aliphatic carbocycles. The van der Waals surface area contributed by atoms with Crippen molar-refractivity contribution in [1.82, 2.24) is 4.57 Å². The number of aromatic nitrogens is 2. The van der Waals surface area contributed by atoms with Crippen LogP contribution in [0.15, 0.2) is 36.5 Å². The van der Waals surface area contributed by atoms with Crippen molar-refractivity contribution in [3.05, 3.63) is 42.1 Å². The summed E-state index contributed by atoms with van der Waals surface area (Å²) in [6, 6.07) is 10.7. The number of hydrogen-bond acceptors (Lipinski definition) is 0.